The fourth-order valence-electron chi connectivity index (χ4n) is 6.07. The SMILES string of the molecule is COc1ccc2nccc(CCC3CCC(NCC45C=C6CC(=CC4C5)OCO6)CC3)c2c1.[HH]. The van der Waals surface area contributed by atoms with Crippen LogP contribution in [0.25, 0.3) is 10.9 Å². The summed E-state index contributed by atoms with van der Waals surface area (Å²) in [6.45, 7) is 1.44. The molecule has 2 heterocycles. The van der Waals surface area contributed by atoms with E-state index in [1.807, 2.05) is 12.3 Å². The Hall–Kier alpha value is -2.53. The number of aryl methyl sites for hydroxylation is 1. The summed E-state index contributed by atoms with van der Waals surface area (Å²) in [5.41, 5.74) is 2.71. The lowest BCUT2D eigenvalue weighted by Crippen LogP contribution is -2.37. The number of hydrogen-bond acceptors (Lipinski definition) is 5. The van der Waals surface area contributed by atoms with Gasteiger partial charge in [-0.1, -0.05) is 0 Å². The number of benzene rings is 1. The molecule has 2 bridgehead atoms. The molecule has 1 aromatic heterocycles. The molecule has 1 N–H and O–H groups in total. The van der Waals surface area contributed by atoms with E-state index in [9.17, 15) is 0 Å². The molecule has 1 aromatic carbocycles. The Morgan fingerprint density at radius 2 is 2.03 bits per heavy atom. The van der Waals surface area contributed by atoms with Crippen LogP contribution in [0.15, 0.2) is 54.1 Å². The predicted octanol–water partition coefficient (Wildman–Crippen LogP) is 5.75. The molecule has 33 heavy (non-hydrogen) atoms. The summed E-state index contributed by atoms with van der Waals surface area (Å²) < 4.78 is 16.8. The van der Waals surface area contributed by atoms with Crippen LogP contribution in [0.4, 0.5) is 0 Å². The summed E-state index contributed by atoms with van der Waals surface area (Å²) in [7, 11) is 1.73. The van der Waals surface area contributed by atoms with Gasteiger partial charge in [-0.3, -0.25) is 4.98 Å². The zero-order chi connectivity index (χ0) is 22.3. The van der Waals surface area contributed by atoms with Crippen LogP contribution in [0.1, 0.15) is 51.9 Å². The molecule has 176 valence electrons. The third-order valence-electron chi connectivity index (χ3n) is 8.28. The number of methoxy groups -OCH3 is 1. The highest BCUT2D eigenvalue weighted by Gasteiger charge is 2.53. The highest BCUT2D eigenvalue weighted by atomic mass is 16.7. The summed E-state index contributed by atoms with van der Waals surface area (Å²) >= 11 is 0. The molecule has 5 nitrogen and oxygen atoms in total. The second kappa shape index (κ2) is 8.68. The van der Waals surface area contributed by atoms with E-state index in [1.165, 1.54) is 49.5 Å². The predicted molar refractivity (Wildman–Crippen MR) is 131 cm³/mol. The summed E-state index contributed by atoms with van der Waals surface area (Å²) in [5, 5.41) is 5.15. The van der Waals surface area contributed by atoms with E-state index in [1.54, 1.807) is 7.11 Å². The van der Waals surface area contributed by atoms with Crippen LogP contribution in [0.3, 0.4) is 0 Å². The van der Waals surface area contributed by atoms with E-state index < -0.39 is 0 Å². The molecule has 3 aliphatic carbocycles. The number of ether oxygens (including phenoxy) is 3. The molecule has 1 aliphatic heterocycles. The average Bonchev–Trinajstić information content (AvgIpc) is 3.54. The van der Waals surface area contributed by atoms with Crippen molar-refractivity contribution in [1.82, 2.24) is 10.3 Å². The maximum atomic E-state index is 5.72. The van der Waals surface area contributed by atoms with Gasteiger partial charge in [0.15, 0.2) is 0 Å². The second-order valence-corrected chi connectivity index (χ2v) is 10.4. The molecule has 2 unspecified atom stereocenters. The Balaban J connectivity index is 0.00000241. The van der Waals surface area contributed by atoms with Crippen molar-refractivity contribution in [2.45, 2.75) is 57.4 Å². The minimum absolute atomic E-state index is 0. The average molecular weight is 449 g/mol. The van der Waals surface area contributed by atoms with Gasteiger partial charge in [-0.15, -0.1) is 0 Å². The van der Waals surface area contributed by atoms with Crippen molar-refractivity contribution in [2.24, 2.45) is 17.3 Å². The normalized spacial score (nSPS) is 30.3. The molecule has 4 aliphatic rings. The number of pyridine rings is 1. The molecule has 5 heteroatoms. The fourth-order valence-corrected chi connectivity index (χ4v) is 6.07. The summed E-state index contributed by atoms with van der Waals surface area (Å²) in [4.78, 5) is 4.53. The standard InChI is InChI=1S/C28H34N2O3.H2/c1-31-23-8-9-27-26(14-23)20(10-11-29-27)5-2-19-3-6-22(7-4-19)30-17-28-15-21(28)12-24-13-25(16-28)33-18-32-24;/h8-12,14,16,19,21-22,30H,2-7,13,15,17-18H2,1H3;1H. The first kappa shape index (κ1) is 21.0. The number of nitrogens with one attached hydrogen (secondary N) is 1. The summed E-state index contributed by atoms with van der Waals surface area (Å²) in [5.74, 6) is 4.56. The largest absolute Gasteiger partial charge is 0.497 e. The first-order valence-corrected chi connectivity index (χ1v) is 12.5. The van der Waals surface area contributed by atoms with Gasteiger partial charge in [-0.05, 0) is 98.8 Å². The van der Waals surface area contributed by atoms with Gasteiger partial charge in [0.2, 0.25) is 6.79 Å². The Labute approximate surface area is 197 Å². The van der Waals surface area contributed by atoms with Crippen LogP contribution < -0.4 is 10.1 Å². The molecule has 2 aromatic rings. The zero-order valence-corrected chi connectivity index (χ0v) is 19.5. The maximum Gasteiger partial charge on any atom is 0.229 e. The van der Waals surface area contributed by atoms with Crippen molar-refractivity contribution >= 4 is 10.9 Å². The summed E-state index contributed by atoms with van der Waals surface area (Å²) in [6.07, 6.45) is 16.3. The molecule has 0 amide bonds. The number of aromatic nitrogens is 1. The van der Waals surface area contributed by atoms with Crippen LogP contribution in [-0.4, -0.2) is 31.5 Å². The van der Waals surface area contributed by atoms with Gasteiger partial charge in [0.25, 0.3) is 0 Å². The molecule has 3 fully saturated rings. The molecule has 2 atom stereocenters. The van der Waals surface area contributed by atoms with Crippen LogP contribution >= 0.6 is 0 Å². The maximum absolute atomic E-state index is 5.72. The lowest BCUT2D eigenvalue weighted by Gasteiger charge is -2.30. The molecule has 0 radical (unpaired) electrons. The van der Waals surface area contributed by atoms with Crippen molar-refractivity contribution in [3.63, 3.8) is 0 Å². The Morgan fingerprint density at radius 1 is 1.15 bits per heavy atom. The van der Waals surface area contributed by atoms with Crippen molar-refractivity contribution in [1.29, 1.82) is 0 Å². The number of hydrogen-bond donors (Lipinski definition) is 1. The lowest BCUT2D eigenvalue weighted by molar-refractivity contribution is -0.0216. The Bertz CT molecular complexity index is 1090. The van der Waals surface area contributed by atoms with Gasteiger partial charge >= 0.3 is 0 Å². The van der Waals surface area contributed by atoms with Gasteiger partial charge < -0.3 is 19.5 Å². The molecule has 2 saturated carbocycles. The molecule has 1 saturated heterocycles. The quantitative estimate of drug-likeness (QED) is 0.584. The fraction of sp³-hybridized carbons (Fsp3) is 0.536. The van der Waals surface area contributed by atoms with Crippen molar-refractivity contribution < 1.29 is 15.6 Å². The minimum atomic E-state index is 0. The number of nitrogens with zero attached hydrogens (tertiary/aromatic N) is 1. The second-order valence-electron chi connectivity index (χ2n) is 10.4. The summed E-state index contributed by atoms with van der Waals surface area (Å²) in [6, 6.07) is 9.01. The minimum Gasteiger partial charge on any atom is -0.497 e. The Kier molecular flexibility index (Phi) is 5.53. The van der Waals surface area contributed by atoms with Gasteiger partial charge in [0, 0.05) is 31.0 Å². The lowest BCUT2D eigenvalue weighted by atomic mass is 9.82. The van der Waals surface area contributed by atoms with Crippen molar-refractivity contribution in [3.05, 3.63) is 59.7 Å². The van der Waals surface area contributed by atoms with E-state index in [0.29, 0.717) is 18.8 Å². The van der Waals surface area contributed by atoms with E-state index >= 15 is 0 Å². The van der Waals surface area contributed by atoms with Crippen LogP contribution in [0, 0.1) is 17.3 Å². The van der Waals surface area contributed by atoms with E-state index in [0.717, 1.165) is 48.1 Å². The van der Waals surface area contributed by atoms with Crippen molar-refractivity contribution in [2.75, 3.05) is 20.4 Å². The van der Waals surface area contributed by atoms with E-state index in [2.05, 4.69) is 40.7 Å². The van der Waals surface area contributed by atoms with Crippen LogP contribution in [0.2, 0.25) is 0 Å². The number of fused-ring (bicyclic) bond motifs is 4. The monoisotopic (exact) mass is 448 g/mol. The highest BCUT2D eigenvalue weighted by molar-refractivity contribution is 5.83. The Morgan fingerprint density at radius 3 is 2.91 bits per heavy atom. The molecular weight excluding hydrogens is 412 g/mol. The van der Waals surface area contributed by atoms with E-state index in [4.69, 9.17) is 14.2 Å². The topological polar surface area (TPSA) is 52.6 Å². The molecule has 6 rings (SSSR count). The van der Waals surface area contributed by atoms with E-state index in [-0.39, 0.29) is 6.84 Å². The first-order chi connectivity index (χ1) is 16.2. The van der Waals surface area contributed by atoms with Gasteiger partial charge in [-0.25, -0.2) is 0 Å². The van der Waals surface area contributed by atoms with Crippen molar-refractivity contribution in [3.8, 4) is 5.75 Å². The van der Waals surface area contributed by atoms with Gasteiger partial charge in [0.1, 0.15) is 17.3 Å². The first-order valence-electron chi connectivity index (χ1n) is 12.5. The highest BCUT2D eigenvalue weighted by Crippen LogP contribution is 2.57. The number of allylic oxidation sites excluding steroid dienone is 1. The third kappa shape index (κ3) is 4.35. The third-order valence-corrected chi connectivity index (χ3v) is 8.28. The zero-order valence-electron chi connectivity index (χ0n) is 19.5. The molecular formula is C28H36N2O3. The number of rotatable bonds is 7. The molecule has 0 spiro atoms. The smallest absolute Gasteiger partial charge is 0.229 e. The van der Waals surface area contributed by atoms with Gasteiger partial charge in [-0.2, -0.15) is 0 Å². The van der Waals surface area contributed by atoms with Crippen LogP contribution in [0.5, 0.6) is 5.75 Å². The van der Waals surface area contributed by atoms with Gasteiger partial charge in [0.05, 0.1) is 19.0 Å². The van der Waals surface area contributed by atoms with Crippen LogP contribution in [-0.2, 0) is 15.9 Å².